The van der Waals surface area contributed by atoms with Crippen molar-refractivity contribution in [3.63, 3.8) is 0 Å². The summed E-state index contributed by atoms with van der Waals surface area (Å²) in [6.45, 7) is 0. The molecule has 1 heterocycles. The van der Waals surface area contributed by atoms with E-state index < -0.39 is 10.7 Å². The Labute approximate surface area is 118 Å². The molecule has 3 aromatic rings. The number of nitro benzene ring substituents is 1. The lowest BCUT2D eigenvalue weighted by Gasteiger charge is -1.96. The van der Waals surface area contributed by atoms with Crippen molar-refractivity contribution in [2.45, 2.75) is 0 Å². The molecule has 0 fully saturated rings. The molecule has 3 rings (SSSR count). The summed E-state index contributed by atoms with van der Waals surface area (Å²) in [6, 6.07) is 14.2. The highest BCUT2D eigenvalue weighted by molar-refractivity contribution is 5.68. The maximum atomic E-state index is 14.4. The van der Waals surface area contributed by atoms with E-state index in [1.54, 1.807) is 24.3 Å². The van der Waals surface area contributed by atoms with E-state index in [1.807, 2.05) is 6.07 Å². The normalized spacial score (nSPS) is 10.5. The van der Waals surface area contributed by atoms with Crippen molar-refractivity contribution in [2.24, 2.45) is 0 Å². The highest BCUT2D eigenvalue weighted by atomic mass is 19.1. The summed E-state index contributed by atoms with van der Waals surface area (Å²) in [5.41, 5.74) is 0.967. The highest BCUT2D eigenvalue weighted by Crippen LogP contribution is 2.31. The molecule has 0 atom stereocenters. The standard InChI is InChI=1S/C15H9FN2O3/c16-13-14(10-6-8-12(9-7-10)18(19)20)17-21-15(13)11-4-2-1-3-5-11/h1-9H. The Morgan fingerprint density at radius 3 is 2.29 bits per heavy atom. The van der Waals surface area contributed by atoms with Gasteiger partial charge in [-0.1, -0.05) is 35.5 Å². The summed E-state index contributed by atoms with van der Waals surface area (Å²) < 4.78 is 19.4. The predicted molar refractivity (Wildman–Crippen MR) is 74.0 cm³/mol. The molecule has 6 heteroatoms. The van der Waals surface area contributed by atoms with Gasteiger partial charge in [-0.3, -0.25) is 10.1 Å². The number of hydrogen-bond donors (Lipinski definition) is 0. The number of halogens is 1. The highest BCUT2D eigenvalue weighted by Gasteiger charge is 2.19. The van der Waals surface area contributed by atoms with Crippen LogP contribution < -0.4 is 0 Å². The van der Waals surface area contributed by atoms with Crippen LogP contribution in [0.4, 0.5) is 10.1 Å². The fraction of sp³-hybridized carbons (Fsp3) is 0. The van der Waals surface area contributed by atoms with Gasteiger partial charge < -0.3 is 4.52 Å². The molecule has 0 amide bonds. The number of hydrogen-bond acceptors (Lipinski definition) is 4. The first kappa shape index (κ1) is 13.0. The third-order valence-corrected chi connectivity index (χ3v) is 3.02. The molecular weight excluding hydrogens is 275 g/mol. The van der Waals surface area contributed by atoms with Crippen molar-refractivity contribution >= 4 is 5.69 Å². The van der Waals surface area contributed by atoms with E-state index in [9.17, 15) is 14.5 Å². The average molecular weight is 284 g/mol. The Hall–Kier alpha value is -3.02. The molecule has 0 aliphatic rings. The van der Waals surface area contributed by atoms with Crippen molar-refractivity contribution in [3.05, 3.63) is 70.5 Å². The first-order chi connectivity index (χ1) is 10.2. The Kier molecular flexibility index (Phi) is 3.19. The molecule has 0 aliphatic carbocycles. The second-order valence-electron chi connectivity index (χ2n) is 4.34. The van der Waals surface area contributed by atoms with Crippen LogP contribution in [0.2, 0.25) is 0 Å². The molecule has 0 saturated carbocycles. The zero-order valence-corrected chi connectivity index (χ0v) is 10.7. The Balaban J connectivity index is 2.01. The monoisotopic (exact) mass is 284 g/mol. The van der Waals surface area contributed by atoms with Gasteiger partial charge in [0.25, 0.3) is 5.69 Å². The minimum Gasteiger partial charge on any atom is -0.352 e. The minimum atomic E-state index is -0.588. The molecule has 0 aliphatic heterocycles. The van der Waals surface area contributed by atoms with Crippen LogP contribution in [0.25, 0.3) is 22.6 Å². The maximum Gasteiger partial charge on any atom is 0.269 e. The lowest BCUT2D eigenvalue weighted by Crippen LogP contribution is -1.88. The van der Waals surface area contributed by atoms with Gasteiger partial charge in [0, 0.05) is 23.3 Å². The summed E-state index contributed by atoms with van der Waals surface area (Å²) in [5.74, 6) is -0.543. The van der Waals surface area contributed by atoms with Crippen molar-refractivity contribution in [1.29, 1.82) is 0 Å². The van der Waals surface area contributed by atoms with E-state index in [4.69, 9.17) is 4.52 Å². The van der Waals surface area contributed by atoms with Crippen molar-refractivity contribution in [3.8, 4) is 22.6 Å². The quantitative estimate of drug-likeness (QED) is 0.537. The third-order valence-electron chi connectivity index (χ3n) is 3.02. The minimum absolute atomic E-state index is 0.0313. The Morgan fingerprint density at radius 1 is 1.00 bits per heavy atom. The van der Waals surface area contributed by atoms with Gasteiger partial charge in [-0.25, -0.2) is 4.39 Å². The molecule has 21 heavy (non-hydrogen) atoms. The molecule has 0 unspecified atom stereocenters. The first-order valence-corrected chi connectivity index (χ1v) is 6.12. The van der Waals surface area contributed by atoms with Crippen LogP contribution in [0, 0.1) is 15.9 Å². The van der Waals surface area contributed by atoms with Gasteiger partial charge in [-0.05, 0) is 12.1 Å². The second-order valence-corrected chi connectivity index (χ2v) is 4.34. The lowest BCUT2D eigenvalue weighted by molar-refractivity contribution is -0.384. The lowest BCUT2D eigenvalue weighted by atomic mass is 10.1. The van der Waals surface area contributed by atoms with Crippen molar-refractivity contribution in [1.82, 2.24) is 5.16 Å². The molecule has 0 spiro atoms. The SMILES string of the molecule is O=[N+]([O-])c1ccc(-c2noc(-c3ccccc3)c2F)cc1. The fourth-order valence-corrected chi connectivity index (χ4v) is 1.97. The zero-order chi connectivity index (χ0) is 14.8. The number of nitro groups is 1. The molecule has 2 aromatic carbocycles. The fourth-order valence-electron chi connectivity index (χ4n) is 1.97. The summed E-state index contributed by atoms with van der Waals surface area (Å²) in [7, 11) is 0. The van der Waals surface area contributed by atoms with E-state index in [2.05, 4.69) is 5.16 Å². The van der Waals surface area contributed by atoms with E-state index >= 15 is 0 Å². The third kappa shape index (κ3) is 2.38. The predicted octanol–water partition coefficient (Wildman–Crippen LogP) is 4.06. The van der Waals surface area contributed by atoms with Crippen LogP contribution in [-0.4, -0.2) is 10.1 Å². The summed E-state index contributed by atoms with van der Waals surface area (Å²) in [5, 5.41) is 14.3. The average Bonchev–Trinajstić information content (AvgIpc) is 2.90. The molecule has 104 valence electrons. The van der Waals surface area contributed by atoms with Gasteiger partial charge in [-0.2, -0.15) is 0 Å². The molecular formula is C15H9FN2O3. The number of nitrogens with zero attached hydrogens (tertiary/aromatic N) is 2. The smallest absolute Gasteiger partial charge is 0.269 e. The molecule has 0 radical (unpaired) electrons. The first-order valence-electron chi connectivity index (χ1n) is 6.12. The van der Waals surface area contributed by atoms with Gasteiger partial charge in [0.15, 0.2) is 5.82 Å². The Morgan fingerprint density at radius 2 is 1.67 bits per heavy atom. The largest absolute Gasteiger partial charge is 0.352 e. The topological polar surface area (TPSA) is 69.2 Å². The second kappa shape index (κ2) is 5.16. The Bertz CT molecular complexity index is 782. The van der Waals surface area contributed by atoms with E-state index in [1.165, 1.54) is 24.3 Å². The van der Waals surface area contributed by atoms with E-state index in [0.717, 1.165) is 0 Å². The van der Waals surface area contributed by atoms with Gasteiger partial charge in [0.1, 0.15) is 5.69 Å². The van der Waals surface area contributed by atoms with E-state index in [-0.39, 0.29) is 17.1 Å². The molecule has 0 saturated heterocycles. The van der Waals surface area contributed by atoms with E-state index in [0.29, 0.717) is 11.1 Å². The zero-order valence-electron chi connectivity index (χ0n) is 10.7. The van der Waals surface area contributed by atoms with Crippen LogP contribution in [-0.2, 0) is 0 Å². The van der Waals surface area contributed by atoms with Crippen LogP contribution >= 0.6 is 0 Å². The van der Waals surface area contributed by atoms with Gasteiger partial charge >= 0.3 is 0 Å². The molecule has 0 N–H and O–H groups in total. The number of aromatic nitrogens is 1. The van der Waals surface area contributed by atoms with Crippen LogP contribution in [0.1, 0.15) is 0 Å². The summed E-state index contributed by atoms with van der Waals surface area (Å²) in [4.78, 5) is 10.1. The summed E-state index contributed by atoms with van der Waals surface area (Å²) in [6.07, 6.45) is 0. The van der Waals surface area contributed by atoms with Crippen LogP contribution in [0.5, 0.6) is 0 Å². The maximum absolute atomic E-state index is 14.4. The molecule has 1 aromatic heterocycles. The van der Waals surface area contributed by atoms with Crippen LogP contribution in [0.15, 0.2) is 59.1 Å². The number of benzene rings is 2. The number of rotatable bonds is 3. The molecule has 0 bridgehead atoms. The van der Waals surface area contributed by atoms with Crippen molar-refractivity contribution in [2.75, 3.05) is 0 Å². The van der Waals surface area contributed by atoms with Gasteiger partial charge in [-0.15, -0.1) is 0 Å². The van der Waals surface area contributed by atoms with Crippen molar-refractivity contribution < 1.29 is 13.8 Å². The van der Waals surface area contributed by atoms with Crippen LogP contribution in [0.3, 0.4) is 0 Å². The summed E-state index contributed by atoms with van der Waals surface area (Å²) >= 11 is 0. The van der Waals surface area contributed by atoms with Gasteiger partial charge in [0.05, 0.1) is 4.92 Å². The molecule has 5 nitrogen and oxygen atoms in total. The van der Waals surface area contributed by atoms with Gasteiger partial charge in [0.2, 0.25) is 5.76 Å². The number of non-ortho nitro benzene ring substituents is 1.